The summed E-state index contributed by atoms with van der Waals surface area (Å²) in [6, 6.07) is 9.91. The third kappa shape index (κ3) is 4.71. The highest BCUT2D eigenvalue weighted by Crippen LogP contribution is 2.22. The molecule has 0 aliphatic rings. The maximum atomic E-state index is 11.9. The molecule has 0 bridgehead atoms. The largest absolute Gasteiger partial charge is 0.329 e. The van der Waals surface area contributed by atoms with Crippen molar-refractivity contribution in [2.45, 2.75) is 6.92 Å². The van der Waals surface area contributed by atoms with Crippen LogP contribution in [0.2, 0.25) is 15.1 Å². The zero-order valence-corrected chi connectivity index (χ0v) is 14.7. The Morgan fingerprint density at radius 3 is 2.38 bits per heavy atom. The van der Waals surface area contributed by atoms with Gasteiger partial charge in [-0.2, -0.15) is 5.10 Å². The van der Waals surface area contributed by atoms with Crippen molar-refractivity contribution in [3.8, 4) is 0 Å². The summed E-state index contributed by atoms with van der Waals surface area (Å²) < 4.78 is 0. The molecule has 5 nitrogen and oxygen atoms in total. The van der Waals surface area contributed by atoms with Crippen LogP contribution in [0, 0.1) is 6.92 Å². The van der Waals surface area contributed by atoms with Gasteiger partial charge in [0.15, 0.2) is 0 Å². The molecule has 24 heavy (non-hydrogen) atoms. The SMILES string of the molecule is Cc1ccc(Cl)cc1NC(=O)C(=O)N/N=C\c1c(Cl)cccc1Cl. The van der Waals surface area contributed by atoms with Crippen LogP contribution in [0.1, 0.15) is 11.1 Å². The van der Waals surface area contributed by atoms with Crippen LogP contribution in [-0.4, -0.2) is 18.0 Å². The number of halogens is 3. The molecule has 0 saturated carbocycles. The molecule has 2 N–H and O–H groups in total. The maximum Gasteiger partial charge on any atom is 0.329 e. The lowest BCUT2D eigenvalue weighted by atomic mass is 10.2. The van der Waals surface area contributed by atoms with Crippen LogP contribution in [-0.2, 0) is 9.59 Å². The Kier molecular flexibility index (Phi) is 6.20. The number of benzene rings is 2. The van der Waals surface area contributed by atoms with Gasteiger partial charge >= 0.3 is 11.8 Å². The number of hydrazone groups is 1. The van der Waals surface area contributed by atoms with Crippen molar-refractivity contribution in [1.82, 2.24) is 5.43 Å². The van der Waals surface area contributed by atoms with Gasteiger partial charge in [-0.05, 0) is 36.8 Å². The van der Waals surface area contributed by atoms with Crippen molar-refractivity contribution < 1.29 is 9.59 Å². The molecule has 0 atom stereocenters. The van der Waals surface area contributed by atoms with Gasteiger partial charge in [-0.3, -0.25) is 9.59 Å². The molecule has 124 valence electrons. The fraction of sp³-hybridized carbons (Fsp3) is 0.0625. The first kappa shape index (κ1) is 18.3. The first-order chi connectivity index (χ1) is 11.4. The van der Waals surface area contributed by atoms with Gasteiger partial charge < -0.3 is 5.32 Å². The number of carbonyl (C=O) groups excluding carboxylic acids is 2. The predicted molar refractivity (Wildman–Crippen MR) is 97.0 cm³/mol. The van der Waals surface area contributed by atoms with Crippen molar-refractivity contribution in [2.75, 3.05) is 5.32 Å². The molecule has 2 aromatic carbocycles. The Labute approximate surface area is 153 Å². The van der Waals surface area contributed by atoms with Crippen LogP contribution in [0.3, 0.4) is 0 Å². The van der Waals surface area contributed by atoms with Crippen LogP contribution < -0.4 is 10.7 Å². The van der Waals surface area contributed by atoms with E-state index in [1.165, 1.54) is 6.21 Å². The minimum absolute atomic E-state index is 0.375. The number of nitrogens with zero attached hydrogens (tertiary/aromatic N) is 1. The van der Waals surface area contributed by atoms with E-state index in [4.69, 9.17) is 34.8 Å². The molecule has 0 heterocycles. The van der Waals surface area contributed by atoms with Gasteiger partial charge in [0.25, 0.3) is 0 Å². The fourth-order valence-corrected chi connectivity index (χ4v) is 2.42. The molecule has 0 aliphatic heterocycles. The molecule has 0 spiro atoms. The van der Waals surface area contributed by atoms with Crippen molar-refractivity contribution in [1.29, 1.82) is 0 Å². The highest BCUT2D eigenvalue weighted by molar-refractivity contribution is 6.40. The van der Waals surface area contributed by atoms with E-state index < -0.39 is 11.8 Å². The third-order valence-corrected chi connectivity index (χ3v) is 3.91. The Bertz CT molecular complexity index is 802. The lowest BCUT2D eigenvalue weighted by Gasteiger charge is -2.07. The molecule has 8 heteroatoms. The first-order valence-electron chi connectivity index (χ1n) is 6.73. The summed E-state index contributed by atoms with van der Waals surface area (Å²) in [5.41, 5.74) is 3.76. The summed E-state index contributed by atoms with van der Waals surface area (Å²) in [4.78, 5) is 23.6. The second-order valence-electron chi connectivity index (χ2n) is 4.75. The van der Waals surface area contributed by atoms with Crippen LogP contribution in [0.15, 0.2) is 41.5 Å². The number of amides is 2. The zero-order chi connectivity index (χ0) is 17.7. The van der Waals surface area contributed by atoms with Crippen molar-refractivity contribution in [3.63, 3.8) is 0 Å². The number of anilines is 1. The fourth-order valence-electron chi connectivity index (χ4n) is 1.75. The molecule has 0 radical (unpaired) electrons. The Balaban J connectivity index is 2.01. The van der Waals surface area contributed by atoms with E-state index >= 15 is 0 Å². The monoisotopic (exact) mass is 383 g/mol. The summed E-state index contributed by atoms with van der Waals surface area (Å²) in [7, 11) is 0. The predicted octanol–water partition coefficient (Wildman–Crippen LogP) is 4.04. The Morgan fingerprint density at radius 2 is 1.71 bits per heavy atom. The minimum atomic E-state index is -0.936. The lowest BCUT2D eigenvalue weighted by molar-refractivity contribution is -0.136. The number of hydrogen-bond acceptors (Lipinski definition) is 3. The highest BCUT2D eigenvalue weighted by atomic mass is 35.5. The minimum Gasteiger partial charge on any atom is -0.317 e. The number of carbonyl (C=O) groups is 2. The number of hydrogen-bond donors (Lipinski definition) is 2. The summed E-state index contributed by atoms with van der Waals surface area (Å²) in [6.07, 6.45) is 1.26. The second-order valence-corrected chi connectivity index (χ2v) is 6.00. The van der Waals surface area contributed by atoms with Gasteiger partial charge in [0, 0.05) is 16.3 Å². The van der Waals surface area contributed by atoms with Gasteiger partial charge in [-0.1, -0.05) is 46.9 Å². The third-order valence-electron chi connectivity index (χ3n) is 3.01. The molecular weight excluding hydrogens is 373 g/mol. The normalized spacial score (nSPS) is 10.7. The second kappa shape index (κ2) is 8.15. The van der Waals surface area contributed by atoms with Crippen molar-refractivity contribution in [2.24, 2.45) is 5.10 Å². The quantitative estimate of drug-likeness (QED) is 0.476. The van der Waals surface area contributed by atoms with Gasteiger partial charge in [0.2, 0.25) is 0 Å². The standard InChI is InChI=1S/C16H12Cl3N3O2/c1-9-5-6-10(17)7-14(9)21-15(23)16(24)22-20-8-11-12(18)3-2-4-13(11)19/h2-8H,1H3,(H,21,23)(H,22,24)/b20-8-. The van der Waals surface area contributed by atoms with Crippen LogP contribution in [0.25, 0.3) is 0 Å². The smallest absolute Gasteiger partial charge is 0.317 e. The van der Waals surface area contributed by atoms with Gasteiger partial charge in [0.05, 0.1) is 16.3 Å². The van der Waals surface area contributed by atoms with E-state index in [0.717, 1.165) is 5.56 Å². The van der Waals surface area contributed by atoms with E-state index in [9.17, 15) is 9.59 Å². The summed E-state index contributed by atoms with van der Waals surface area (Å²) >= 11 is 17.8. The Morgan fingerprint density at radius 1 is 1.04 bits per heavy atom. The maximum absolute atomic E-state index is 11.9. The number of nitrogens with one attached hydrogen (secondary N) is 2. The van der Waals surface area contributed by atoms with Gasteiger partial charge in [0.1, 0.15) is 0 Å². The topological polar surface area (TPSA) is 70.6 Å². The van der Waals surface area contributed by atoms with Crippen LogP contribution in [0.4, 0.5) is 5.69 Å². The molecule has 2 aromatic rings. The van der Waals surface area contributed by atoms with E-state index in [1.807, 2.05) is 0 Å². The number of aryl methyl sites for hydroxylation is 1. The average molecular weight is 385 g/mol. The summed E-state index contributed by atoms with van der Waals surface area (Å²) in [5.74, 6) is -1.81. The summed E-state index contributed by atoms with van der Waals surface area (Å²) in [5, 5.41) is 7.34. The number of rotatable bonds is 3. The molecule has 2 rings (SSSR count). The molecule has 0 unspecified atom stereocenters. The van der Waals surface area contributed by atoms with Crippen LogP contribution >= 0.6 is 34.8 Å². The first-order valence-corrected chi connectivity index (χ1v) is 7.86. The molecule has 0 aromatic heterocycles. The molecular formula is C16H12Cl3N3O2. The van der Waals surface area contributed by atoms with E-state index in [0.29, 0.717) is 26.3 Å². The molecule has 0 fully saturated rings. The Hall–Kier alpha value is -2.08. The average Bonchev–Trinajstić information content (AvgIpc) is 2.53. The van der Waals surface area contributed by atoms with Crippen LogP contribution in [0.5, 0.6) is 0 Å². The van der Waals surface area contributed by atoms with E-state index in [2.05, 4.69) is 15.8 Å². The molecule has 0 saturated heterocycles. The highest BCUT2D eigenvalue weighted by Gasteiger charge is 2.14. The molecule has 0 aliphatic carbocycles. The van der Waals surface area contributed by atoms with Crippen molar-refractivity contribution >= 4 is 58.5 Å². The van der Waals surface area contributed by atoms with E-state index in [1.54, 1.807) is 43.3 Å². The zero-order valence-electron chi connectivity index (χ0n) is 12.4. The lowest BCUT2D eigenvalue weighted by Crippen LogP contribution is -2.32. The molecule has 2 amide bonds. The van der Waals surface area contributed by atoms with Gasteiger partial charge in [-0.25, -0.2) is 5.43 Å². The van der Waals surface area contributed by atoms with Gasteiger partial charge in [-0.15, -0.1) is 0 Å². The van der Waals surface area contributed by atoms with Crippen molar-refractivity contribution in [3.05, 3.63) is 62.6 Å². The van der Waals surface area contributed by atoms with E-state index in [-0.39, 0.29) is 0 Å². The summed E-state index contributed by atoms with van der Waals surface area (Å²) in [6.45, 7) is 1.78.